The SMILES string of the molecule is NC(=O)Oc1cccc([N+](=O)[O-])c1.O=C(O)Nc1cccc([N+](=O)[O-])c1. The molecule has 0 heterocycles. The zero-order chi connectivity index (χ0) is 19.7. The summed E-state index contributed by atoms with van der Waals surface area (Å²) in [4.78, 5) is 39.8. The van der Waals surface area contributed by atoms with Crippen molar-refractivity contribution in [3.63, 3.8) is 0 Å². The number of non-ortho nitro benzene ring substituents is 2. The maximum atomic E-state index is 10.3. The van der Waals surface area contributed by atoms with Gasteiger partial charge in [0.15, 0.2) is 0 Å². The van der Waals surface area contributed by atoms with Gasteiger partial charge in [-0.15, -0.1) is 0 Å². The van der Waals surface area contributed by atoms with Gasteiger partial charge in [0.2, 0.25) is 0 Å². The van der Waals surface area contributed by atoms with Crippen LogP contribution in [0.4, 0.5) is 26.7 Å². The Labute approximate surface area is 145 Å². The van der Waals surface area contributed by atoms with Gasteiger partial charge in [0.1, 0.15) is 5.75 Å². The van der Waals surface area contributed by atoms with E-state index < -0.39 is 22.0 Å². The molecule has 0 aliphatic rings. The molecule has 0 fully saturated rings. The fourth-order valence-electron chi connectivity index (χ4n) is 1.60. The van der Waals surface area contributed by atoms with Crippen molar-refractivity contribution in [2.45, 2.75) is 0 Å². The van der Waals surface area contributed by atoms with E-state index >= 15 is 0 Å². The van der Waals surface area contributed by atoms with E-state index in [0.29, 0.717) is 0 Å². The Morgan fingerprint density at radius 3 is 2.04 bits per heavy atom. The second kappa shape index (κ2) is 9.17. The highest BCUT2D eigenvalue weighted by Gasteiger charge is 2.07. The van der Waals surface area contributed by atoms with Gasteiger partial charge in [-0.1, -0.05) is 12.1 Å². The molecule has 2 rings (SSSR count). The number of nitro benzene ring substituents is 2. The molecule has 0 saturated heterocycles. The summed E-state index contributed by atoms with van der Waals surface area (Å²) in [6, 6.07) is 10.5. The van der Waals surface area contributed by atoms with Gasteiger partial charge in [-0.05, 0) is 12.1 Å². The number of primary amides is 1. The van der Waals surface area contributed by atoms with Crippen LogP contribution < -0.4 is 15.8 Å². The van der Waals surface area contributed by atoms with E-state index in [1.165, 1.54) is 36.4 Å². The molecule has 0 unspecified atom stereocenters. The third kappa shape index (κ3) is 6.91. The number of carbonyl (C=O) groups excluding carboxylic acids is 1. The van der Waals surface area contributed by atoms with Crippen molar-refractivity contribution >= 4 is 29.2 Å². The second-order valence-corrected chi connectivity index (χ2v) is 4.41. The van der Waals surface area contributed by atoms with Crippen LogP contribution in [-0.2, 0) is 0 Å². The summed E-state index contributed by atoms with van der Waals surface area (Å²) in [5.41, 5.74) is 4.60. The van der Waals surface area contributed by atoms with Crippen LogP contribution >= 0.6 is 0 Å². The average molecular weight is 364 g/mol. The van der Waals surface area contributed by atoms with Crippen molar-refractivity contribution in [2.24, 2.45) is 5.73 Å². The van der Waals surface area contributed by atoms with Crippen LogP contribution in [0.15, 0.2) is 48.5 Å². The number of ether oxygens (including phenoxy) is 1. The van der Waals surface area contributed by atoms with E-state index in [0.717, 1.165) is 12.1 Å². The van der Waals surface area contributed by atoms with Crippen molar-refractivity contribution in [1.82, 2.24) is 0 Å². The number of nitrogens with one attached hydrogen (secondary N) is 1. The minimum atomic E-state index is -1.25. The summed E-state index contributed by atoms with van der Waals surface area (Å²) in [7, 11) is 0. The number of anilines is 1. The molecule has 0 saturated carbocycles. The van der Waals surface area contributed by atoms with Gasteiger partial charge in [-0.2, -0.15) is 0 Å². The monoisotopic (exact) mass is 364 g/mol. The number of benzene rings is 2. The highest BCUT2D eigenvalue weighted by molar-refractivity contribution is 5.83. The normalized spacial score (nSPS) is 9.23. The van der Waals surface area contributed by atoms with Crippen LogP contribution in [0.3, 0.4) is 0 Å². The number of hydrogen-bond donors (Lipinski definition) is 3. The molecule has 0 spiro atoms. The van der Waals surface area contributed by atoms with Gasteiger partial charge in [0, 0.05) is 18.2 Å². The third-order valence-electron chi connectivity index (χ3n) is 2.56. The average Bonchev–Trinajstić information content (AvgIpc) is 2.54. The topological polar surface area (TPSA) is 188 Å². The van der Waals surface area contributed by atoms with Gasteiger partial charge >= 0.3 is 12.2 Å². The van der Waals surface area contributed by atoms with Crippen LogP contribution in [0.2, 0.25) is 0 Å². The lowest BCUT2D eigenvalue weighted by Gasteiger charge is -1.98. The summed E-state index contributed by atoms with van der Waals surface area (Å²) in [5, 5.41) is 30.9. The standard InChI is InChI=1S/2C7H6N2O4/c8-7(10)13-6-3-1-2-5(4-6)9(11)12;10-7(11)8-5-2-1-3-6(4-5)9(12)13/h1-4H,(H2,8,10);1-4,8H,(H,10,11). The molecule has 2 aromatic carbocycles. The smallest absolute Gasteiger partial charge is 0.409 e. The highest BCUT2D eigenvalue weighted by atomic mass is 16.6. The molecule has 0 radical (unpaired) electrons. The highest BCUT2D eigenvalue weighted by Crippen LogP contribution is 2.19. The minimum absolute atomic E-state index is 0.0571. The predicted octanol–water partition coefficient (Wildman–Crippen LogP) is 2.74. The summed E-state index contributed by atoms with van der Waals surface area (Å²) >= 11 is 0. The molecule has 0 bridgehead atoms. The number of nitro groups is 2. The molecule has 26 heavy (non-hydrogen) atoms. The Morgan fingerprint density at radius 2 is 1.54 bits per heavy atom. The Kier molecular flexibility index (Phi) is 6.99. The van der Waals surface area contributed by atoms with E-state index in [2.05, 4.69) is 4.74 Å². The molecular weight excluding hydrogens is 352 g/mol. The zero-order valence-electron chi connectivity index (χ0n) is 12.9. The van der Waals surface area contributed by atoms with Gasteiger partial charge in [-0.25, -0.2) is 9.59 Å². The maximum Gasteiger partial charge on any atom is 0.409 e. The number of hydrogen-bond acceptors (Lipinski definition) is 7. The van der Waals surface area contributed by atoms with E-state index in [1.54, 1.807) is 0 Å². The Balaban J connectivity index is 0.000000260. The summed E-state index contributed by atoms with van der Waals surface area (Å²) < 4.78 is 4.44. The van der Waals surface area contributed by atoms with Crippen molar-refractivity contribution in [1.29, 1.82) is 0 Å². The summed E-state index contributed by atoms with van der Waals surface area (Å²) in [5.74, 6) is 0.0571. The minimum Gasteiger partial charge on any atom is -0.465 e. The molecule has 12 nitrogen and oxygen atoms in total. The Hall–Kier alpha value is -4.22. The first-order valence-electron chi connectivity index (χ1n) is 6.65. The summed E-state index contributed by atoms with van der Waals surface area (Å²) in [6.07, 6.45) is -2.25. The number of amides is 2. The Morgan fingerprint density at radius 1 is 1.00 bits per heavy atom. The first-order valence-corrected chi connectivity index (χ1v) is 6.65. The van der Waals surface area contributed by atoms with Crippen LogP contribution in [0.25, 0.3) is 0 Å². The van der Waals surface area contributed by atoms with Gasteiger partial charge in [-0.3, -0.25) is 25.5 Å². The van der Waals surface area contributed by atoms with Gasteiger partial charge in [0.05, 0.1) is 21.6 Å². The van der Waals surface area contributed by atoms with Crippen LogP contribution in [0, 0.1) is 20.2 Å². The molecule has 4 N–H and O–H groups in total. The number of rotatable bonds is 4. The van der Waals surface area contributed by atoms with Crippen LogP contribution in [0.1, 0.15) is 0 Å². The molecular formula is C14H12N4O8. The van der Waals surface area contributed by atoms with E-state index in [9.17, 15) is 29.8 Å². The fourth-order valence-corrected chi connectivity index (χ4v) is 1.60. The third-order valence-corrected chi connectivity index (χ3v) is 2.56. The molecule has 0 aliphatic carbocycles. The number of carboxylic acid groups (broad SMARTS) is 1. The molecule has 136 valence electrons. The lowest BCUT2D eigenvalue weighted by atomic mass is 10.3. The molecule has 0 aliphatic heterocycles. The van der Waals surface area contributed by atoms with Gasteiger partial charge in [0.25, 0.3) is 11.4 Å². The van der Waals surface area contributed by atoms with Gasteiger partial charge < -0.3 is 15.6 Å². The Bertz CT molecular complexity index is 770. The van der Waals surface area contributed by atoms with E-state index in [4.69, 9.17) is 10.8 Å². The maximum absolute atomic E-state index is 10.3. The zero-order valence-corrected chi connectivity index (χ0v) is 12.9. The van der Waals surface area contributed by atoms with Crippen molar-refractivity contribution < 1.29 is 29.3 Å². The van der Waals surface area contributed by atoms with E-state index in [-0.39, 0.29) is 22.8 Å². The van der Waals surface area contributed by atoms with Crippen LogP contribution in [0.5, 0.6) is 5.75 Å². The number of carbonyl (C=O) groups is 2. The first kappa shape index (κ1) is 19.8. The molecule has 0 atom stereocenters. The van der Waals surface area contributed by atoms with Crippen molar-refractivity contribution in [2.75, 3.05) is 5.32 Å². The molecule has 2 aromatic rings. The van der Waals surface area contributed by atoms with Crippen molar-refractivity contribution in [3.05, 3.63) is 68.8 Å². The fraction of sp³-hybridized carbons (Fsp3) is 0. The van der Waals surface area contributed by atoms with E-state index in [1.807, 2.05) is 5.32 Å². The largest absolute Gasteiger partial charge is 0.465 e. The predicted molar refractivity (Wildman–Crippen MR) is 88.1 cm³/mol. The molecule has 12 heteroatoms. The van der Waals surface area contributed by atoms with Crippen molar-refractivity contribution in [3.8, 4) is 5.75 Å². The lowest BCUT2D eigenvalue weighted by molar-refractivity contribution is -0.385. The quantitative estimate of drug-likeness (QED) is 0.545. The molecule has 2 amide bonds. The summed E-state index contributed by atoms with van der Waals surface area (Å²) in [6.45, 7) is 0. The number of nitrogens with zero attached hydrogens (tertiary/aromatic N) is 2. The number of nitrogens with two attached hydrogens (primary N) is 1. The van der Waals surface area contributed by atoms with Crippen LogP contribution in [-0.4, -0.2) is 27.1 Å². The molecule has 0 aromatic heterocycles. The lowest BCUT2D eigenvalue weighted by Crippen LogP contribution is -2.16. The first-order chi connectivity index (χ1) is 12.2. The second-order valence-electron chi connectivity index (χ2n) is 4.41.